The van der Waals surface area contributed by atoms with Crippen LogP contribution in [0, 0.1) is 5.92 Å². The average molecular weight is 312 g/mol. The molecule has 0 spiro atoms. The second-order valence-corrected chi connectivity index (χ2v) is 5.98. The number of hydrogen-bond donors (Lipinski definition) is 1. The Morgan fingerprint density at radius 2 is 2.00 bits per heavy atom. The topological polar surface area (TPSA) is 69.6 Å². The number of benzene rings is 1. The van der Waals surface area contributed by atoms with Gasteiger partial charge in [0.05, 0.1) is 10.0 Å². The fourth-order valence-electron chi connectivity index (χ4n) is 2.73. The predicted molar refractivity (Wildman–Crippen MR) is 79.6 cm³/mol. The van der Waals surface area contributed by atoms with Gasteiger partial charge in [0, 0.05) is 17.8 Å². The van der Waals surface area contributed by atoms with Crippen LogP contribution in [0.4, 0.5) is 5.69 Å². The molecule has 7 heteroatoms. The summed E-state index contributed by atoms with van der Waals surface area (Å²) in [7, 11) is 0. The molecule has 1 aliphatic rings. The number of hydrogen-bond acceptors (Lipinski definition) is 4. The van der Waals surface area contributed by atoms with E-state index in [0.29, 0.717) is 33.0 Å². The van der Waals surface area contributed by atoms with Crippen molar-refractivity contribution < 1.29 is 0 Å². The molecular weight excluding hydrogens is 297 g/mol. The van der Waals surface area contributed by atoms with Crippen molar-refractivity contribution in [1.82, 2.24) is 20.2 Å². The van der Waals surface area contributed by atoms with Crippen molar-refractivity contribution in [2.75, 3.05) is 5.73 Å². The van der Waals surface area contributed by atoms with Crippen molar-refractivity contribution in [3.63, 3.8) is 0 Å². The summed E-state index contributed by atoms with van der Waals surface area (Å²) in [5.74, 6) is 1.25. The van der Waals surface area contributed by atoms with Crippen LogP contribution in [-0.4, -0.2) is 20.2 Å². The zero-order chi connectivity index (χ0) is 14.1. The molecule has 20 heavy (non-hydrogen) atoms. The van der Waals surface area contributed by atoms with Gasteiger partial charge in [-0.05, 0) is 41.3 Å². The minimum atomic E-state index is 0.414. The molecule has 0 saturated heterocycles. The van der Waals surface area contributed by atoms with Crippen LogP contribution in [0.3, 0.4) is 0 Å². The van der Waals surface area contributed by atoms with Crippen LogP contribution in [-0.2, 0) is 6.54 Å². The van der Waals surface area contributed by atoms with E-state index in [1.54, 1.807) is 16.8 Å². The smallest absolute Gasteiger partial charge is 0.183 e. The van der Waals surface area contributed by atoms with Gasteiger partial charge in [-0.3, -0.25) is 0 Å². The minimum Gasteiger partial charge on any atom is -0.399 e. The first-order chi connectivity index (χ1) is 9.65. The third kappa shape index (κ3) is 2.60. The summed E-state index contributed by atoms with van der Waals surface area (Å²) in [6.45, 7) is 0.811. The van der Waals surface area contributed by atoms with Crippen molar-refractivity contribution in [3.8, 4) is 11.4 Å². The van der Waals surface area contributed by atoms with E-state index in [1.807, 2.05) is 0 Å². The van der Waals surface area contributed by atoms with Gasteiger partial charge in [0.25, 0.3) is 0 Å². The SMILES string of the molecule is Nc1cc(Cl)c(Cl)c(-c2nnnn2CC2CCCC2)c1. The van der Waals surface area contributed by atoms with E-state index >= 15 is 0 Å². The molecule has 0 bridgehead atoms. The number of tetrazole rings is 1. The van der Waals surface area contributed by atoms with Crippen LogP contribution in [0.1, 0.15) is 25.7 Å². The van der Waals surface area contributed by atoms with E-state index in [9.17, 15) is 0 Å². The number of halogens is 2. The molecule has 106 valence electrons. The quantitative estimate of drug-likeness (QED) is 0.882. The third-order valence-electron chi connectivity index (χ3n) is 3.73. The summed E-state index contributed by atoms with van der Waals surface area (Å²) in [5.41, 5.74) is 7.05. The summed E-state index contributed by atoms with van der Waals surface area (Å²) in [6, 6.07) is 3.38. The Morgan fingerprint density at radius 3 is 2.75 bits per heavy atom. The van der Waals surface area contributed by atoms with Crippen molar-refractivity contribution in [2.45, 2.75) is 32.2 Å². The van der Waals surface area contributed by atoms with Gasteiger partial charge in [0.1, 0.15) is 0 Å². The van der Waals surface area contributed by atoms with Gasteiger partial charge in [0.15, 0.2) is 5.82 Å². The van der Waals surface area contributed by atoms with Gasteiger partial charge in [-0.15, -0.1) is 5.10 Å². The molecule has 0 radical (unpaired) electrons. The lowest BCUT2D eigenvalue weighted by atomic mass is 10.1. The fourth-order valence-corrected chi connectivity index (χ4v) is 3.15. The van der Waals surface area contributed by atoms with Crippen LogP contribution in [0.5, 0.6) is 0 Å². The fraction of sp³-hybridized carbons (Fsp3) is 0.462. The molecule has 1 aromatic heterocycles. The van der Waals surface area contributed by atoms with Gasteiger partial charge >= 0.3 is 0 Å². The van der Waals surface area contributed by atoms with Gasteiger partial charge in [-0.2, -0.15) is 0 Å². The van der Waals surface area contributed by atoms with Gasteiger partial charge in [0.2, 0.25) is 0 Å². The summed E-state index contributed by atoms with van der Waals surface area (Å²) >= 11 is 12.3. The standard InChI is InChI=1S/C13H15Cl2N5/c14-11-6-9(16)5-10(12(11)15)13-17-18-19-20(13)7-8-3-1-2-4-8/h5-6,8H,1-4,7,16H2. The normalized spacial score (nSPS) is 15.9. The molecule has 5 nitrogen and oxygen atoms in total. The van der Waals surface area contributed by atoms with E-state index in [2.05, 4.69) is 15.5 Å². The highest BCUT2D eigenvalue weighted by atomic mass is 35.5. The zero-order valence-corrected chi connectivity index (χ0v) is 12.4. The molecule has 2 N–H and O–H groups in total. The van der Waals surface area contributed by atoms with Crippen LogP contribution in [0.25, 0.3) is 11.4 Å². The highest BCUT2D eigenvalue weighted by Gasteiger charge is 2.20. The van der Waals surface area contributed by atoms with Gasteiger partial charge in [-0.25, -0.2) is 4.68 Å². The van der Waals surface area contributed by atoms with Crippen molar-refractivity contribution >= 4 is 28.9 Å². The van der Waals surface area contributed by atoms with Crippen LogP contribution >= 0.6 is 23.2 Å². The molecule has 3 rings (SSSR count). The van der Waals surface area contributed by atoms with E-state index < -0.39 is 0 Å². The summed E-state index contributed by atoms with van der Waals surface area (Å²) < 4.78 is 1.80. The molecule has 1 aliphatic carbocycles. The molecule has 0 atom stereocenters. The van der Waals surface area contributed by atoms with Crippen LogP contribution < -0.4 is 5.73 Å². The molecule has 0 aliphatic heterocycles. The number of nitrogens with zero attached hydrogens (tertiary/aromatic N) is 4. The van der Waals surface area contributed by atoms with Crippen LogP contribution in [0.2, 0.25) is 10.0 Å². The van der Waals surface area contributed by atoms with Gasteiger partial charge in [-0.1, -0.05) is 36.0 Å². The Labute approximate surface area is 127 Å². The molecular formula is C13H15Cl2N5. The lowest BCUT2D eigenvalue weighted by molar-refractivity contribution is 0.424. The lowest BCUT2D eigenvalue weighted by Gasteiger charge is -2.11. The first-order valence-corrected chi connectivity index (χ1v) is 7.42. The van der Waals surface area contributed by atoms with Crippen molar-refractivity contribution in [3.05, 3.63) is 22.2 Å². The number of nitrogen functional groups attached to an aromatic ring is 1. The Kier molecular flexibility index (Phi) is 3.81. The van der Waals surface area contributed by atoms with Crippen molar-refractivity contribution in [1.29, 1.82) is 0 Å². The summed E-state index contributed by atoms with van der Waals surface area (Å²) in [6.07, 6.45) is 5.02. The number of nitrogens with two attached hydrogens (primary N) is 1. The predicted octanol–water partition coefficient (Wildman–Crippen LogP) is 3.42. The van der Waals surface area contributed by atoms with E-state index in [1.165, 1.54) is 25.7 Å². The van der Waals surface area contributed by atoms with Crippen LogP contribution in [0.15, 0.2) is 12.1 Å². The second-order valence-electron chi connectivity index (χ2n) is 5.20. The third-order valence-corrected chi connectivity index (χ3v) is 4.53. The van der Waals surface area contributed by atoms with E-state index in [4.69, 9.17) is 28.9 Å². The molecule has 1 saturated carbocycles. The Bertz CT molecular complexity index is 619. The Balaban J connectivity index is 1.96. The highest BCUT2D eigenvalue weighted by molar-refractivity contribution is 6.43. The molecule has 1 fully saturated rings. The van der Waals surface area contributed by atoms with Crippen molar-refractivity contribution in [2.24, 2.45) is 5.92 Å². The minimum absolute atomic E-state index is 0.414. The Hall–Kier alpha value is -1.33. The largest absolute Gasteiger partial charge is 0.399 e. The maximum absolute atomic E-state index is 6.25. The molecule has 1 heterocycles. The van der Waals surface area contributed by atoms with Gasteiger partial charge < -0.3 is 5.73 Å². The molecule has 1 aromatic carbocycles. The summed E-state index contributed by atoms with van der Waals surface area (Å²) in [4.78, 5) is 0. The Morgan fingerprint density at radius 1 is 1.25 bits per heavy atom. The second kappa shape index (κ2) is 5.58. The van der Waals surface area contributed by atoms with E-state index in [-0.39, 0.29) is 0 Å². The zero-order valence-electron chi connectivity index (χ0n) is 10.9. The average Bonchev–Trinajstić information content (AvgIpc) is 3.06. The maximum atomic E-state index is 6.25. The molecule has 0 amide bonds. The monoisotopic (exact) mass is 311 g/mol. The summed E-state index contributed by atoms with van der Waals surface area (Å²) in [5, 5.41) is 12.8. The molecule has 0 unspecified atom stereocenters. The number of aromatic nitrogens is 4. The number of anilines is 1. The van der Waals surface area contributed by atoms with E-state index in [0.717, 1.165) is 6.54 Å². The highest BCUT2D eigenvalue weighted by Crippen LogP contribution is 2.35. The first kappa shape index (κ1) is 13.6. The lowest BCUT2D eigenvalue weighted by Crippen LogP contribution is -2.10. The molecule has 2 aromatic rings. The maximum Gasteiger partial charge on any atom is 0.183 e. The first-order valence-electron chi connectivity index (χ1n) is 6.66. The number of rotatable bonds is 3.